The second-order valence-corrected chi connectivity index (χ2v) is 7.72. The molecule has 0 saturated heterocycles. The number of benzene rings is 2. The van der Waals surface area contributed by atoms with Crippen LogP contribution in [0.25, 0.3) is 0 Å². The Morgan fingerprint density at radius 2 is 1.86 bits per heavy atom. The first-order chi connectivity index (χ1) is 13.5. The highest BCUT2D eigenvalue weighted by Crippen LogP contribution is 2.32. The summed E-state index contributed by atoms with van der Waals surface area (Å²) >= 11 is 0. The molecule has 2 aromatic carbocycles. The van der Waals surface area contributed by atoms with E-state index in [4.69, 9.17) is 13.9 Å². The SMILES string of the molecule is O=C(Nc1cccc(S(=O)(=O)NCc2ccco2)c1)c1ccc2c(c1)OCO2. The van der Waals surface area contributed by atoms with E-state index in [1.54, 1.807) is 42.5 Å². The average Bonchev–Trinajstić information content (AvgIpc) is 3.37. The molecule has 0 aliphatic carbocycles. The number of anilines is 1. The zero-order valence-corrected chi connectivity index (χ0v) is 15.4. The number of rotatable bonds is 6. The van der Waals surface area contributed by atoms with Gasteiger partial charge in [-0.15, -0.1) is 0 Å². The third-order valence-corrected chi connectivity index (χ3v) is 5.45. The molecule has 144 valence electrons. The molecule has 0 atom stereocenters. The Hall–Kier alpha value is -3.30. The fourth-order valence-corrected chi connectivity index (χ4v) is 3.68. The van der Waals surface area contributed by atoms with Gasteiger partial charge >= 0.3 is 0 Å². The topological polar surface area (TPSA) is 107 Å². The van der Waals surface area contributed by atoms with Crippen LogP contribution in [0.4, 0.5) is 5.69 Å². The minimum atomic E-state index is -3.77. The van der Waals surface area contributed by atoms with Gasteiger partial charge in [0, 0.05) is 11.3 Å². The summed E-state index contributed by atoms with van der Waals surface area (Å²) in [6.45, 7) is 0.147. The van der Waals surface area contributed by atoms with Crippen LogP contribution in [0.1, 0.15) is 16.1 Å². The molecule has 9 heteroatoms. The molecule has 2 heterocycles. The van der Waals surface area contributed by atoms with Gasteiger partial charge in [-0.1, -0.05) is 6.07 Å². The number of hydrogen-bond acceptors (Lipinski definition) is 6. The average molecular weight is 400 g/mol. The molecule has 1 aliphatic rings. The molecule has 28 heavy (non-hydrogen) atoms. The van der Waals surface area contributed by atoms with Crippen LogP contribution in [0.15, 0.2) is 70.2 Å². The normalized spacial score (nSPS) is 12.7. The maximum atomic E-state index is 12.5. The predicted octanol–water partition coefficient (Wildman–Crippen LogP) is 2.74. The van der Waals surface area contributed by atoms with Crippen molar-refractivity contribution >= 4 is 21.6 Å². The highest BCUT2D eigenvalue weighted by atomic mass is 32.2. The van der Waals surface area contributed by atoms with E-state index >= 15 is 0 Å². The van der Waals surface area contributed by atoms with Crippen LogP contribution in [0.5, 0.6) is 11.5 Å². The molecule has 0 fully saturated rings. The standard InChI is InChI=1S/C19H16N2O6S/c22-19(13-6-7-17-18(9-13)27-12-26-17)21-14-3-1-5-16(10-14)28(23,24)20-11-15-4-2-8-25-15/h1-10,20H,11-12H2,(H,21,22). The molecule has 0 saturated carbocycles. The number of sulfonamides is 1. The highest BCUT2D eigenvalue weighted by Gasteiger charge is 2.18. The molecule has 0 unspecified atom stereocenters. The van der Waals surface area contributed by atoms with Crippen molar-refractivity contribution in [3.05, 3.63) is 72.2 Å². The van der Waals surface area contributed by atoms with Crippen LogP contribution in [0.2, 0.25) is 0 Å². The number of carbonyl (C=O) groups excluding carboxylic acids is 1. The quantitative estimate of drug-likeness (QED) is 0.659. The Morgan fingerprint density at radius 1 is 1.00 bits per heavy atom. The lowest BCUT2D eigenvalue weighted by atomic mass is 10.2. The van der Waals surface area contributed by atoms with Gasteiger partial charge in [0.15, 0.2) is 11.5 Å². The fourth-order valence-electron chi connectivity index (χ4n) is 2.64. The summed E-state index contributed by atoms with van der Waals surface area (Å²) in [7, 11) is -3.77. The largest absolute Gasteiger partial charge is 0.468 e. The lowest BCUT2D eigenvalue weighted by molar-refractivity contribution is 0.102. The Bertz CT molecular complexity index is 1110. The van der Waals surface area contributed by atoms with Crippen molar-refractivity contribution < 1.29 is 27.1 Å². The smallest absolute Gasteiger partial charge is 0.255 e. The maximum Gasteiger partial charge on any atom is 0.255 e. The van der Waals surface area contributed by atoms with Crippen LogP contribution >= 0.6 is 0 Å². The summed E-state index contributed by atoms with van der Waals surface area (Å²) in [5.41, 5.74) is 0.719. The van der Waals surface area contributed by atoms with Crippen molar-refractivity contribution in [2.45, 2.75) is 11.4 Å². The number of hydrogen-bond donors (Lipinski definition) is 2. The summed E-state index contributed by atoms with van der Waals surface area (Å²) in [5, 5.41) is 2.69. The van der Waals surface area contributed by atoms with Gasteiger partial charge in [0.25, 0.3) is 5.91 Å². The van der Waals surface area contributed by atoms with E-state index in [0.29, 0.717) is 28.5 Å². The summed E-state index contributed by atoms with van der Waals surface area (Å²) < 4.78 is 43.0. The van der Waals surface area contributed by atoms with Gasteiger partial charge < -0.3 is 19.2 Å². The minimum Gasteiger partial charge on any atom is -0.468 e. The fraction of sp³-hybridized carbons (Fsp3) is 0.105. The first-order valence-corrected chi connectivity index (χ1v) is 9.83. The zero-order chi connectivity index (χ0) is 19.6. The predicted molar refractivity (Wildman–Crippen MR) is 99.7 cm³/mol. The third kappa shape index (κ3) is 3.85. The number of ether oxygens (including phenoxy) is 2. The summed E-state index contributed by atoms with van der Waals surface area (Å²) in [6, 6.07) is 14.2. The van der Waals surface area contributed by atoms with Gasteiger partial charge in [-0.25, -0.2) is 13.1 Å². The van der Waals surface area contributed by atoms with Crippen molar-refractivity contribution in [1.82, 2.24) is 4.72 Å². The van der Waals surface area contributed by atoms with Crippen LogP contribution in [-0.4, -0.2) is 21.1 Å². The van der Waals surface area contributed by atoms with E-state index in [1.807, 2.05) is 0 Å². The van der Waals surface area contributed by atoms with Crippen molar-refractivity contribution in [3.63, 3.8) is 0 Å². The Labute approximate surface area is 161 Å². The Balaban J connectivity index is 1.48. The summed E-state index contributed by atoms with van der Waals surface area (Å²) in [5.74, 6) is 1.17. The molecule has 0 radical (unpaired) electrons. The van der Waals surface area contributed by atoms with Crippen LogP contribution in [0, 0.1) is 0 Å². The number of amides is 1. The van der Waals surface area contributed by atoms with E-state index in [2.05, 4.69) is 10.0 Å². The van der Waals surface area contributed by atoms with Crippen LogP contribution in [0.3, 0.4) is 0 Å². The number of furan rings is 1. The molecule has 0 bridgehead atoms. The first kappa shape index (κ1) is 18.1. The maximum absolute atomic E-state index is 12.5. The molecule has 3 aromatic rings. The van der Waals surface area contributed by atoms with Crippen molar-refractivity contribution in [3.8, 4) is 11.5 Å². The number of nitrogens with one attached hydrogen (secondary N) is 2. The summed E-state index contributed by atoms with van der Waals surface area (Å²) in [6.07, 6.45) is 1.47. The van der Waals surface area contributed by atoms with E-state index < -0.39 is 15.9 Å². The second-order valence-electron chi connectivity index (χ2n) is 5.95. The number of fused-ring (bicyclic) bond motifs is 1. The van der Waals surface area contributed by atoms with Gasteiger partial charge in [-0.2, -0.15) is 0 Å². The molecule has 1 amide bonds. The minimum absolute atomic E-state index is 0.0301. The molecular weight excluding hydrogens is 384 g/mol. The number of carbonyl (C=O) groups is 1. The molecule has 8 nitrogen and oxygen atoms in total. The Kier molecular flexibility index (Phi) is 4.76. The van der Waals surface area contributed by atoms with E-state index in [1.165, 1.54) is 18.4 Å². The van der Waals surface area contributed by atoms with Gasteiger partial charge in [0.05, 0.1) is 17.7 Å². The van der Waals surface area contributed by atoms with E-state index in [0.717, 1.165) is 0 Å². The zero-order valence-electron chi connectivity index (χ0n) is 14.5. The van der Waals surface area contributed by atoms with Crippen molar-refractivity contribution in [2.24, 2.45) is 0 Å². The molecule has 0 spiro atoms. The van der Waals surface area contributed by atoms with Gasteiger partial charge in [-0.05, 0) is 48.5 Å². The molecule has 1 aromatic heterocycles. The van der Waals surface area contributed by atoms with Crippen LogP contribution < -0.4 is 19.5 Å². The third-order valence-electron chi connectivity index (χ3n) is 4.05. The Morgan fingerprint density at radius 3 is 2.68 bits per heavy atom. The highest BCUT2D eigenvalue weighted by molar-refractivity contribution is 7.89. The van der Waals surface area contributed by atoms with Gasteiger partial charge in [0.1, 0.15) is 5.76 Å². The van der Waals surface area contributed by atoms with Gasteiger partial charge in [-0.3, -0.25) is 4.79 Å². The summed E-state index contributed by atoms with van der Waals surface area (Å²) in [4.78, 5) is 12.5. The van der Waals surface area contributed by atoms with E-state index in [9.17, 15) is 13.2 Å². The molecular formula is C19H16N2O6S. The van der Waals surface area contributed by atoms with E-state index in [-0.39, 0.29) is 18.2 Å². The van der Waals surface area contributed by atoms with Gasteiger partial charge in [0.2, 0.25) is 16.8 Å². The van der Waals surface area contributed by atoms with Crippen molar-refractivity contribution in [2.75, 3.05) is 12.1 Å². The lowest BCUT2D eigenvalue weighted by Crippen LogP contribution is -2.23. The molecule has 2 N–H and O–H groups in total. The monoisotopic (exact) mass is 400 g/mol. The molecule has 4 rings (SSSR count). The van der Waals surface area contributed by atoms with Crippen molar-refractivity contribution in [1.29, 1.82) is 0 Å². The molecule has 1 aliphatic heterocycles. The van der Waals surface area contributed by atoms with Crippen LogP contribution in [-0.2, 0) is 16.6 Å². The lowest BCUT2D eigenvalue weighted by Gasteiger charge is -2.09. The first-order valence-electron chi connectivity index (χ1n) is 8.34. The second kappa shape index (κ2) is 7.37.